The first kappa shape index (κ1) is 19.0. The Bertz CT molecular complexity index is 874. The highest BCUT2D eigenvalue weighted by Crippen LogP contribution is 2.19. The summed E-state index contributed by atoms with van der Waals surface area (Å²) >= 11 is 7.41. The van der Waals surface area contributed by atoms with Gasteiger partial charge in [0, 0.05) is 22.2 Å². The van der Waals surface area contributed by atoms with Gasteiger partial charge in [-0.3, -0.25) is 0 Å². The highest BCUT2D eigenvalue weighted by atomic mass is 35.5. The molecule has 0 saturated carbocycles. The molecule has 2 amide bonds. The SMILES string of the molecule is O=C(NCCOc1cccc(Cl)c1)Nc1cccc(OCc2cscn2)c1. The Labute approximate surface area is 166 Å². The van der Waals surface area contributed by atoms with E-state index < -0.39 is 0 Å². The maximum atomic E-state index is 12.0. The van der Waals surface area contributed by atoms with Crippen molar-refractivity contribution in [3.63, 3.8) is 0 Å². The third kappa shape index (κ3) is 6.47. The van der Waals surface area contributed by atoms with Gasteiger partial charge in [0.25, 0.3) is 0 Å². The lowest BCUT2D eigenvalue weighted by Crippen LogP contribution is -2.32. The summed E-state index contributed by atoms with van der Waals surface area (Å²) in [6, 6.07) is 14.0. The molecule has 0 radical (unpaired) electrons. The molecule has 0 atom stereocenters. The van der Waals surface area contributed by atoms with Crippen molar-refractivity contribution in [2.75, 3.05) is 18.5 Å². The molecular formula is C19H18ClN3O3S. The van der Waals surface area contributed by atoms with Crippen LogP contribution in [0.5, 0.6) is 11.5 Å². The maximum absolute atomic E-state index is 12.0. The van der Waals surface area contributed by atoms with Crippen LogP contribution in [0.4, 0.5) is 10.5 Å². The summed E-state index contributed by atoms with van der Waals surface area (Å²) in [6.45, 7) is 1.09. The minimum absolute atomic E-state index is 0.318. The zero-order chi connectivity index (χ0) is 18.9. The van der Waals surface area contributed by atoms with Crippen LogP contribution >= 0.6 is 22.9 Å². The number of nitrogens with zero attached hydrogens (tertiary/aromatic N) is 1. The van der Waals surface area contributed by atoms with E-state index in [2.05, 4.69) is 15.6 Å². The van der Waals surface area contributed by atoms with E-state index in [1.54, 1.807) is 35.8 Å². The summed E-state index contributed by atoms with van der Waals surface area (Å²) in [5.74, 6) is 1.32. The predicted octanol–water partition coefficient (Wildman–Crippen LogP) is 4.58. The average Bonchev–Trinajstić information content (AvgIpc) is 3.18. The van der Waals surface area contributed by atoms with Crippen molar-refractivity contribution in [2.45, 2.75) is 6.61 Å². The summed E-state index contributed by atoms with van der Waals surface area (Å²) in [6.07, 6.45) is 0. The molecule has 3 rings (SSSR count). The molecule has 3 aromatic rings. The molecule has 0 aliphatic rings. The molecule has 8 heteroatoms. The van der Waals surface area contributed by atoms with E-state index in [-0.39, 0.29) is 6.03 Å². The van der Waals surface area contributed by atoms with Crippen molar-refractivity contribution in [2.24, 2.45) is 0 Å². The summed E-state index contributed by atoms with van der Waals surface area (Å²) in [7, 11) is 0. The first-order chi connectivity index (χ1) is 13.2. The van der Waals surface area contributed by atoms with Crippen LogP contribution < -0.4 is 20.1 Å². The molecule has 2 aromatic carbocycles. The zero-order valence-electron chi connectivity index (χ0n) is 14.4. The molecule has 0 unspecified atom stereocenters. The van der Waals surface area contributed by atoms with E-state index in [1.807, 2.05) is 23.6 Å². The van der Waals surface area contributed by atoms with Crippen molar-refractivity contribution in [1.29, 1.82) is 0 Å². The number of urea groups is 1. The number of aromatic nitrogens is 1. The Morgan fingerprint density at radius 2 is 1.93 bits per heavy atom. The molecule has 2 N–H and O–H groups in total. The number of ether oxygens (including phenoxy) is 2. The van der Waals surface area contributed by atoms with Gasteiger partial charge in [0.15, 0.2) is 0 Å². The van der Waals surface area contributed by atoms with Gasteiger partial charge in [-0.05, 0) is 30.3 Å². The molecule has 6 nitrogen and oxygen atoms in total. The normalized spacial score (nSPS) is 10.3. The van der Waals surface area contributed by atoms with Crippen molar-refractivity contribution < 1.29 is 14.3 Å². The van der Waals surface area contributed by atoms with E-state index in [0.29, 0.717) is 42.0 Å². The van der Waals surface area contributed by atoms with Crippen LogP contribution in [0.1, 0.15) is 5.69 Å². The van der Waals surface area contributed by atoms with Gasteiger partial charge in [-0.25, -0.2) is 9.78 Å². The number of amides is 2. The minimum atomic E-state index is -0.318. The second kappa shape index (κ2) is 9.80. The highest BCUT2D eigenvalue weighted by molar-refractivity contribution is 7.07. The lowest BCUT2D eigenvalue weighted by Gasteiger charge is -2.10. The summed E-state index contributed by atoms with van der Waals surface area (Å²) in [5, 5.41) is 8.03. The molecule has 0 spiro atoms. The molecule has 1 aromatic heterocycles. The Kier molecular flexibility index (Phi) is 6.90. The predicted molar refractivity (Wildman–Crippen MR) is 107 cm³/mol. The number of halogens is 1. The average molecular weight is 404 g/mol. The van der Waals surface area contributed by atoms with Crippen molar-refractivity contribution in [3.8, 4) is 11.5 Å². The van der Waals surface area contributed by atoms with Crippen molar-refractivity contribution in [3.05, 3.63) is 70.1 Å². The van der Waals surface area contributed by atoms with Crippen LogP contribution in [0, 0.1) is 0 Å². The number of carbonyl (C=O) groups is 1. The van der Waals surface area contributed by atoms with Crippen LogP contribution in [0.2, 0.25) is 5.02 Å². The number of anilines is 1. The van der Waals surface area contributed by atoms with E-state index in [4.69, 9.17) is 21.1 Å². The Hall–Kier alpha value is -2.77. The zero-order valence-corrected chi connectivity index (χ0v) is 15.9. The molecule has 0 aliphatic heterocycles. The van der Waals surface area contributed by atoms with Gasteiger partial charge < -0.3 is 20.1 Å². The lowest BCUT2D eigenvalue weighted by atomic mass is 10.3. The van der Waals surface area contributed by atoms with Gasteiger partial charge >= 0.3 is 6.03 Å². The topological polar surface area (TPSA) is 72.5 Å². The largest absolute Gasteiger partial charge is 0.492 e. The number of nitrogens with one attached hydrogen (secondary N) is 2. The van der Waals surface area contributed by atoms with Gasteiger partial charge in [0.2, 0.25) is 0 Å². The molecular weight excluding hydrogens is 386 g/mol. The molecule has 27 heavy (non-hydrogen) atoms. The van der Waals surface area contributed by atoms with E-state index >= 15 is 0 Å². The fourth-order valence-corrected chi connectivity index (χ4v) is 2.92. The number of hydrogen-bond acceptors (Lipinski definition) is 5. The van der Waals surface area contributed by atoms with Gasteiger partial charge in [-0.15, -0.1) is 11.3 Å². The maximum Gasteiger partial charge on any atom is 0.319 e. The quantitative estimate of drug-likeness (QED) is 0.540. The number of thiazole rings is 1. The third-order valence-electron chi connectivity index (χ3n) is 3.41. The number of rotatable bonds is 8. The van der Waals surface area contributed by atoms with Crippen molar-refractivity contribution >= 4 is 34.7 Å². The molecule has 0 aliphatic carbocycles. The van der Waals surface area contributed by atoms with Gasteiger partial charge in [-0.1, -0.05) is 23.7 Å². The van der Waals surface area contributed by atoms with Gasteiger partial charge in [0.05, 0.1) is 17.7 Å². The molecule has 0 bridgehead atoms. The lowest BCUT2D eigenvalue weighted by molar-refractivity contribution is 0.247. The number of hydrogen-bond donors (Lipinski definition) is 2. The Morgan fingerprint density at radius 3 is 2.70 bits per heavy atom. The van der Waals surface area contributed by atoms with Crippen LogP contribution in [0.15, 0.2) is 59.4 Å². The van der Waals surface area contributed by atoms with Gasteiger partial charge in [-0.2, -0.15) is 0 Å². The summed E-state index contributed by atoms with van der Waals surface area (Å²) < 4.78 is 11.2. The third-order valence-corrected chi connectivity index (χ3v) is 4.28. The summed E-state index contributed by atoms with van der Waals surface area (Å²) in [4.78, 5) is 16.2. The molecule has 0 saturated heterocycles. The van der Waals surface area contributed by atoms with E-state index in [0.717, 1.165) is 5.69 Å². The number of carbonyl (C=O) groups excluding carboxylic acids is 1. The Balaban J connectivity index is 1.40. The van der Waals surface area contributed by atoms with Gasteiger partial charge in [0.1, 0.15) is 24.7 Å². The first-order valence-electron chi connectivity index (χ1n) is 8.22. The minimum Gasteiger partial charge on any atom is -0.492 e. The van der Waals surface area contributed by atoms with Crippen LogP contribution in [-0.4, -0.2) is 24.2 Å². The first-order valence-corrected chi connectivity index (χ1v) is 9.54. The van der Waals surface area contributed by atoms with Crippen molar-refractivity contribution in [1.82, 2.24) is 10.3 Å². The fraction of sp³-hybridized carbons (Fsp3) is 0.158. The fourth-order valence-electron chi connectivity index (χ4n) is 2.20. The van der Waals surface area contributed by atoms with E-state index in [9.17, 15) is 4.79 Å². The monoisotopic (exact) mass is 403 g/mol. The van der Waals surface area contributed by atoms with E-state index in [1.165, 1.54) is 11.3 Å². The van der Waals surface area contributed by atoms with Crippen LogP contribution in [0.25, 0.3) is 0 Å². The molecule has 1 heterocycles. The highest BCUT2D eigenvalue weighted by Gasteiger charge is 2.04. The number of benzene rings is 2. The second-order valence-corrected chi connectivity index (χ2v) is 6.64. The van der Waals surface area contributed by atoms with Crippen LogP contribution in [-0.2, 0) is 6.61 Å². The Morgan fingerprint density at radius 1 is 1.11 bits per heavy atom. The standard InChI is InChI=1S/C19H18ClN3O3S/c20-14-3-1-5-17(9-14)25-8-7-21-19(24)23-15-4-2-6-18(10-15)26-11-16-12-27-13-22-16/h1-6,9-10,12-13H,7-8,11H2,(H2,21,23,24). The molecule has 140 valence electrons. The smallest absolute Gasteiger partial charge is 0.319 e. The van der Waals surface area contributed by atoms with Crippen LogP contribution in [0.3, 0.4) is 0 Å². The second-order valence-electron chi connectivity index (χ2n) is 5.48. The summed E-state index contributed by atoms with van der Waals surface area (Å²) in [5.41, 5.74) is 3.27. The molecule has 0 fully saturated rings.